The van der Waals surface area contributed by atoms with Gasteiger partial charge in [-0.3, -0.25) is 5.10 Å². The fourth-order valence-corrected chi connectivity index (χ4v) is 1.21. The lowest BCUT2D eigenvalue weighted by Crippen LogP contribution is -1.83. The van der Waals surface area contributed by atoms with Gasteiger partial charge in [0.2, 0.25) is 0 Å². The Labute approximate surface area is 78.9 Å². The minimum absolute atomic E-state index is 0.192. The number of H-pyrrole nitrogens is 1. The predicted molar refractivity (Wildman–Crippen MR) is 48.2 cm³/mol. The molecule has 5 nitrogen and oxygen atoms in total. The molecule has 2 rings (SSSR count). The van der Waals surface area contributed by atoms with Gasteiger partial charge in [-0.15, -0.1) is 0 Å². The first-order chi connectivity index (χ1) is 6.20. The molecule has 0 saturated heterocycles. The molecule has 2 aromatic heterocycles. The number of halogens is 1. The molecule has 0 saturated carbocycles. The highest BCUT2D eigenvalue weighted by Crippen LogP contribution is 2.32. The molecule has 3 N–H and O–H groups in total. The van der Waals surface area contributed by atoms with Gasteiger partial charge in [0.1, 0.15) is 5.02 Å². The normalized spacial score (nSPS) is 10.6. The molecular weight excluding hydrogens is 192 g/mol. The number of hydrogen-bond donors (Lipinski definition) is 2. The van der Waals surface area contributed by atoms with Crippen LogP contribution in [0, 0.1) is 6.92 Å². The molecule has 0 fully saturated rings. The lowest BCUT2D eigenvalue weighted by molar-refractivity contribution is 0.435. The third-order valence-electron chi connectivity index (χ3n) is 1.73. The van der Waals surface area contributed by atoms with Crippen LogP contribution in [0.15, 0.2) is 10.7 Å². The van der Waals surface area contributed by atoms with E-state index in [1.165, 1.54) is 0 Å². The summed E-state index contributed by atoms with van der Waals surface area (Å²) in [6.45, 7) is 1.86. The van der Waals surface area contributed by atoms with Crippen LogP contribution in [0.25, 0.3) is 11.3 Å². The summed E-state index contributed by atoms with van der Waals surface area (Å²) in [5, 5.41) is 10.5. The Kier molecular flexibility index (Phi) is 1.73. The number of nitrogens with zero attached hydrogens (tertiary/aromatic N) is 2. The van der Waals surface area contributed by atoms with E-state index in [0.717, 1.165) is 11.3 Å². The van der Waals surface area contributed by atoms with Crippen LogP contribution < -0.4 is 5.73 Å². The van der Waals surface area contributed by atoms with Gasteiger partial charge >= 0.3 is 0 Å². The van der Waals surface area contributed by atoms with Gasteiger partial charge in [-0.05, 0) is 6.92 Å². The van der Waals surface area contributed by atoms with Crippen LogP contribution in [0.1, 0.15) is 5.69 Å². The van der Waals surface area contributed by atoms with Crippen LogP contribution in [-0.4, -0.2) is 15.4 Å². The lowest BCUT2D eigenvalue weighted by atomic mass is 10.2. The molecule has 0 aliphatic rings. The highest BCUT2D eigenvalue weighted by Gasteiger charge is 2.16. The Morgan fingerprint density at radius 2 is 2.38 bits per heavy atom. The van der Waals surface area contributed by atoms with Gasteiger partial charge in [0.15, 0.2) is 11.6 Å². The van der Waals surface area contributed by atoms with Crippen LogP contribution in [0.5, 0.6) is 0 Å². The molecule has 2 aromatic rings. The van der Waals surface area contributed by atoms with Crippen molar-refractivity contribution in [2.75, 3.05) is 5.73 Å². The Morgan fingerprint density at radius 3 is 2.85 bits per heavy atom. The molecule has 68 valence electrons. The van der Waals surface area contributed by atoms with Gasteiger partial charge in [0.05, 0.1) is 11.8 Å². The van der Waals surface area contributed by atoms with E-state index in [0.29, 0.717) is 10.8 Å². The highest BCUT2D eigenvalue weighted by atomic mass is 35.5. The zero-order chi connectivity index (χ0) is 9.42. The Balaban J connectivity index is 2.59. The van der Waals surface area contributed by atoms with Crippen molar-refractivity contribution in [2.45, 2.75) is 6.92 Å². The average molecular weight is 199 g/mol. The maximum atomic E-state index is 5.85. The van der Waals surface area contributed by atoms with E-state index in [-0.39, 0.29) is 5.82 Å². The fourth-order valence-electron chi connectivity index (χ4n) is 1.04. The quantitative estimate of drug-likeness (QED) is 0.730. The van der Waals surface area contributed by atoms with E-state index in [4.69, 9.17) is 21.9 Å². The molecule has 0 atom stereocenters. The maximum Gasteiger partial charge on any atom is 0.191 e. The Morgan fingerprint density at radius 1 is 1.62 bits per heavy atom. The van der Waals surface area contributed by atoms with Gasteiger partial charge in [-0.25, -0.2) is 0 Å². The van der Waals surface area contributed by atoms with E-state index in [1.54, 1.807) is 6.20 Å². The third kappa shape index (κ3) is 1.17. The van der Waals surface area contributed by atoms with E-state index in [9.17, 15) is 0 Å². The standard InChI is InChI=1S/C7H7ClN4O/c1-3-4(2-10-11-3)6-5(8)7(9)12-13-6/h2H,1H3,(H2,9,12)(H,10,11). The van der Waals surface area contributed by atoms with Crippen LogP contribution in [-0.2, 0) is 0 Å². The molecule has 0 aliphatic heterocycles. The van der Waals surface area contributed by atoms with Crippen molar-refractivity contribution in [2.24, 2.45) is 0 Å². The largest absolute Gasteiger partial charge is 0.380 e. The Bertz CT molecular complexity index is 433. The fraction of sp³-hybridized carbons (Fsp3) is 0.143. The number of anilines is 1. The number of aryl methyl sites for hydroxylation is 1. The smallest absolute Gasteiger partial charge is 0.191 e. The van der Waals surface area contributed by atoms with Crippen molar-refractivity contribution in [1.29, 1.82) is 0 Å². The van der Waals surface area contributed by atoms with E-state index in [2.05, 4.69) is 15.4 Å². The van der Waals surface area contributed by atoms with Crippen molar-refractivity contribution in [3.63, 3.8) is 0 Å². The molecule has 0 aliphatic carbocycles. The first-order valence-electron chi connectivity index (χ1n) is 3.61. The van der Waals surface area contributed by atoms with Crippen LogP contribution in [0.2, 0.25) is 5.02 Å². The molecule has 0 spiro atoms. The minimum Gasteiger partial charge on any atom is -0.380 e. The van der Waals surface area contributed by atoms with Crippen LogP contribution in [0.4, 0.5) is 5.82 Å². The summed E-state index contributed by atoms with van der Waals surface area (Å²) in [5.74, 6) is 0.641. The van der Waals surface area contributed by atoms with Crippen LogP contribution >= 0.6 is 11.6 Å². The molecule has 2 heterocycles. The summed E-state index contributed by atoms with van der Waals surface area (Å²) in [6.07, 6.45) is 1.61. The first kappa shape index (κ1) is 8.12. The van der Waals surface area contributed by atoms with Gasteiger partial charge < -0.3 is 10.3 Å². The molecule has 13 heavy (non-hydrogen) atoms. The molecular formula is C7H7ClN4O. The SMILES string of the molecule is Cc1[nH]ncc1-c1onc(N)c1Cl. The van der Waals surface area contributed by atoms with E-state index >= 15 is 0 Å². The second-order valence-corrected chi connectivity index (χ2v) is 3.00. The summed E-state index contributed by atoms with van der Waals surface area (Å²) in [6, 6.07) is 0. The predicted octanol–water partition coefficient (Wildman–Crippen LogP) is 1.61. The average Bonchev–Trinajstić information content (AvgIpc) is 2.62. The van der Waals surface area contributed by atoms with E-state index < -0.39 is 0 Å². The number of nitrogens with one attached hydrogen (secondary N) is 1. The molecule has 0 radical (unpaired) electrons. The zero-order valence-electron chi connectivity index (χ0n) is 6.84. The van der Waals surface area contributed by atoms with Gasteiger partial charge in [0.25, 0.3) is 0 Å². The molecule has 0 aromatic carbocycles. The second kappa shape index (κ2) is 2.77. The van der Waals surface area contributed by atoms with Crippen molar-refractivity contribution in [1.82, 2.24) is 15.4 Å². The molecule has 0 bridgehead atoms. The first-order valence-corrected chi connectivity index (χ1v) is 3.99. The van der Waals surface area contributed by atoms with Gasteiger partial charge in [-0.2, -0.15) is 5.10 Å². The number of nitrogen functional groups attached to an aromatic ring is 1. The molecule has 0 amide bonds. The van der Waals surface area contributed by atoms with Crippen molar-refractivity contribution in [3.8, 4) is 11.3 Å². The number of nitrogens with two attached hydrogens (primary N) is 1. The van der Waals surface area contributed by atoms with Gasteiger partial charge in [-0.1, -0.05) is 16.8 Å². The third-order valence-corrected chi connectivity index (χ3v) is 2.10. The maximum absolute atomic E-state index is 5.85. The number of rotatable bonds is 1. The highest BCUT2D eigenvalue weighted by molar-refractivity contribution is 6.35. The minimum atomic E-state index is 0.192. The Hall–Kier alpha value is -1.49. The van der Waals surface area contributed by atoms with Gasteiger partial charge in [0, 0.05) is 5.69 Å². The van der Waals surface area contributed by atoms with Crippen molar-refractivity contribution >= 4 is 17.4 Å². The molecule has 0 unspecified atom stereocenters. The van der Waals surface area contributed by atoms with Crippen molar-refractivity contribution < 1.29 is 4.52 Å². The molecule has 6 heteroatoms. The second-order valence-electron chi connectivity index (χ2n) is 2.62. The monoisotopic (exact) mass is 198 g/mol. The summed E-state index contributed by atoms with van der Waals surface area (Å²) in [7, 11) is 0. The zero-order valence-corrected chi connectivity index (χ0v) is 7.59. The number of aromatic amines is 1. The summed E-state index contributed by atoms with van der Waals surface area (Å²) in [5.41, 5.74) is 7.06. The number of hydrogen-bond acceptors (Lipinski definition) is 4. The summed E-state index contributed by atoms with van der Waals surface area (Å²) in [4.78, 5) is 0. The van der Waals surface area contributed by atoms with Crippen LogP contribution in [0.3, 0.4) is 0 Å². The number of aromatic nitrogens is 3. The summed E-state index contributed by atoms with van der Waals surface area (Å²) < 4.78 is 4.95. The lowest BCUT2D eigenvalue weighted by Gasteiger charge is -1.91. The van der Waals surface area contributed by atoms with E-state index in [1.807, 2.05) is 6.92 Å². The summed E-state index contributed by atoms with van der Waals surface area (Å²) >= 11 is 5.85. The van der Waals surface area contributed by atoms with Crippen molar-refractivity contribution in [3.05, 3.63) is 16.9 Å². The topological polar surface area (TPSA) is 80.7 Å².